The van der Waals surface area contributed by atoms with Crippen LogP contribution < -0.4 is 11.0 Å². The summed E-state index contributed by atoms with van der Waals surface area (Å²) in [5, 5.41) is 7.53. The second-order valence-electron chi connectivity index (χ2n) is 7.26. The lowest BCUT2D eigenvalue weighted by atomic mass is 10.1. The van der Waals surface area contributed by atoms with Crippen LogP contribution in [-0.4, -0.2) is 31.3 Å². The van der Waals surface area contributed by atoms with E-state index in [1.165, 1.54) is 16.8 Å². The highest BCUT2D eigenvalue weighted by Crippen LogP contribution is 2.13. The number of nitrogens with one attached hydrogen (secondary N) is 1. The van der Waals surface area contributed by atoms with Crippen LogP contribution in [0.1, 0.15) is 29.8 Å². The van der Waals surface area contributed by atoms with E-state index in [0.29, 0.717) is 32.4 Å². The summed E-state index contributed by atoms with van der Waals surface area (Å²) < 4.78 is 16.2. The number of rotatable bonds is 5. The molecule has 0 saturated carbocycles. The molecule has 7 nitrogen and oxygen atoms in total. The first-order valence-corrected chi connectivity index (χ1v) is 9.68. The maximum Gasteiger partial charge on any atom is 0.346 e. The Balaban J connectivity index is 1.38. The standard InChI is InChI=1S/C21H22FN5O2/c22-17-3-1-16(2-4-17)14-27-21(29)26-12-9-18(5-6-19(26)25-27)24-20(28)13-15-7-10-23-11-8-15/h1-4,7-8,10-11,18H,5-6,9,12-14H2,(H,24,28). The Morgan fingerprint density at radius 3 is 2.62 bits per heavy atom. The number of fused-ring (bicyclic) bond motifs is 1. The van der Waals surface area contributed by atoms with Crippen molar-refractivity contribution < 1.29 is 9.18 Å². The van der Waals surface area contributed by atoms with Crippen molar-refractivity contribution in [2.45, 2.75) is 44.8 Å². The molecule has 0 spiro atoms. The molecule has 0 radical (unpaired) electrons. The van der Waals surface area contributed by atoms with Gasteiger partial charge >= 0.3 is 5.69 Å². The monoisotopic (exact) mass is 395 g/mol. The van der Waals surface area contributed by atoms with Gasteiger partial charge in [-0.25, -0.2) is 13.9 Å². The van der Waals surface area contributed by atoms with Gasteiger partial charge in [0.2, 0.25) is 5.91 Å². The Morgan fingerprint density at radius 2 is 1.86 bits per heavy atom. The van der Waals surface area contributed by atoms with Crippen LogP contribution in [0, 0.1) is 5.82 Å². The highest BCUT2D eigenvalue weighted by molar-refractivity contribution is 5.78. The molecule has 0 bridgehead atoms. The topological polar surface area (TPSA) is 81.8 Å². The zero-order valence-electron chi connectivity index (χ0n) is 15.9. The summed E-state index contributed by atoms with van der Waals surface area (Å²) >= 11 is 0. The number of aryl methyl sites for hydroxylation is 1. The number of aromatic nitrogens is 4. The molecule has 1 N–H and O–H groups in total. The Bertz CT molecular complexity index is 1040. The predicted octanol–water partition coefficient (Wildman–Crippen LogP) is 1.69. The van der Waals surface area contributed by atoms with Crippen LogP contribution in [0.4, 0.5) is 4.39 Å². The molecule has 3 heterocycles. The van der Waals surface area contributed by atoms with E-state index in [1.807, 2.05) is 12.1 Å². The van der Waals surface area contributed by atoms with Gasteiger partial charge in [-0.15, -0.1) is 0 Å². The van der Waals surface area contributed by atoms with Crippen molar-refractivity contribution in [3.8, 4) is 0 Å². The summed E-state index contributed by atoms with van der Waals surface area (Å²) in [5.74, 6) is 0.385. The van der Waals surface area contributed by atoms with Gasteiger partial charge in [0.25, 0.3) is 0 Å². The third-order valence-corrected chi connectivity index (χ3v) is 5.14. The van der Waals surface area contributed by atoms with Gasteiger partial charge in [-0.3, -0.25) is 14.3 Å². The van der Waals surface area contributed by atoms with Crippen molar-refractivity contribution in [3.63, 3.8) is 0 Å². The molecule has 1 aliphatic rings. The van der Waals surface area contributed by atoms with E-state index < -0.39 is 0 Å². The zero-order chi connectivity index (χ0) is 20.2. The number of hydrogen-bond acceptors (Lipinski definition) is 4. The van der Waals surface area contributed by atoms with E-state index in [4.69, 9.17) is 0 Å². The fourth-order valence-electron chi connectivity index (χ4n) is 3.60. The minimum absolute atomic E-state index is 0.0102. The molecule has 1 unspecified atom stereocenters. The van der Waals surface area contributed by atoms with Crippen LogP contribution in [0.3, 0.4) is 0 Å². The van der Waals surface area contributed by atoms with Gasteiger partial charge in [-0.05, 0) is 48.2 Å². The maximum absolute atomic E-state index is 13.1. The van der Waals surface area contributed by atoms with Crippen molar-refractivity contribution in [1.29, 1.82) is 0 Å². The predicted molar refractivity (Wildman–Crippen MR) is 105 cm³/mol. The Hall–Kier alpha value is -3.29. The quantitative estimate of drug-likeness (QED) is 0.713. The van der Waals surface area contributed by atoms with Gasteiger partial charge in [-0.1, -0.05) is 12.1 Å². The summed E-state index contributed by atoms with van der Waals surface area (Å²) in [6.45, 7) is 0.822. The Kier molecular flexibility index (Phi) is 5.50. The zero-order valence-corrected chi connectivity index (χ0v) is 15.9. The van der Waals surface area contributed by atoms with E-state index in [-0.39, 0.29) is 23.5 Å². The molecule has 3 aromatic rings. The number of benzene rings is 1. The first-order valence-electron chi connectivity index (χ1n) is 9.68. The maximum atomic E-state index is 13.1. The van der Waals surface area contributed by atoms with Crippen LogP contribution in [-0.2, 0) is 30.7 Å². The first kappa shape index (κ1) is 19.0. The second-order valence-corrected chi connectivity index (χ2v) is 7.26. The lowest BCUT2D eigenvalue weighted by Gasteiger charge is -2.16. The number of nitrogens with zero attached hydrogens (tertiary/aromatic N) is 4. The fourth-order valence-corrected chi connectivity index (χ4v) is 3.60. The largest absolute Gasteiger partial charge is 0.353 e. The third-order valence-electron chi connectivity index (χ3n) is 5.14. The van der Waals surface area contributed by atoms with Crippen molar-refractivity contribution in [2.24, 2.45) is 0 Å². The van der Waals surface area contributed by atoms with E-state index in [1.54, 1.807) is 29.1 Å². The minimum atomic E-state index is -0.307. The van der Waals surface area contributed by atoms with Crippen molar-refractivity contribution in [2.75, 3.05) is 0 Å². The van der Waals surface area contributed by atoms with Crippen LogP contribution in [0.15, 0.2) is 53.6 Å². The number of pyridine rings is 1. The Morgan fingerprint density at radius 1 is 1.10 bits per heavy atom. The Labute approximate surface area is 167 Å². The lowest BCUT2D eigenvalue weighted by molar-refractivity contribution is -0.121. The highest BCUT2D eigenvalue weighted by atomic mass is 19.1. The average molecular weight is 395 g/mol. The number of carbonyl (C=O) groups excluding carboxylic acids is 1. The molecule has 1 aliphatic heterocycles. The van der Waals surface area contributed by atoms with Crippen LogP contribution in [0.25, 0.3) is 0 Å². The number of hydrogen-bond donors (Lipinski definition) is 1. The smallest absolute Gasteiger partial charge is 0.346 e. The fraction of sp³-hybridized carbons (Fsp3) is 0.333. The molecular formula is C21H22FN5O2. The van der Waals surface area contributed by atoms with Crippen LogP contribution >= 0.6 is 0 Å². The normalized spacial score (nSPS) is 16.1. The average Bonchev–Trinajstić information content (AvgIpc) is 2.87. The van der Waals surface area contributed by atoms with Gasteiger partial charge < -0.3 is 5.32 Å². The summed E-state index contributed by atoms with van der Waals surface area (Å²) in [6.07, 6.45) is 5.68. The minimum Gasteiger partial charge on any atom is -0.353 e. The lowest BCUT2D eigenvalue weighted by Crippen LogP contribution is -2.36. The summed E-state index contributed by atoms with van der Waals surface area (Å²) in [7, 11) is 0. The second kappa shape index (κ2) is 8.38. The molecule has 0 saturated heterocycles. The van der Waals surface area contributed by atoms with E-state index in [9.17, 15) is 14.0 Å². The molecule has 150 valence electrons. The summed E-state index contributed by atoms with van der Waals surface area (Å²) in [5.41, 5.74) is 1.57. The van der Waals surface area contributed by atoms with Gasteiger partial charge in [-0.2, -0.15) is 5.10 Å². The van der Waals surface area contributed by atoms with Gasteiger partial charge in [0.1, 0.15) is 11.6 Å². The number of halogens is 1. The molecule has 0 fully saturated rings. The summed E-state index contributed by atoms with van der Waals surface area (Å²) in [4.78, 5) is 29.0. The van der Waals surface area contributed by atoms with Gasteiger partial charge in [0.15, 0.2) is 0 Å². The molecule has 1 amide bonds. The molecular weight excluding hydrogens is 373 g/mol. The molecule has 4 rings (SSSR count). The number of carbonyl (C=O) groups is 1. The SMILES string of the molecule is O=C(Cc1ccncc1)NC1CCc2nn(Cc3ccc(F)cc3)c(=O)n2CC1. The first-order chi connectivity index (χ1) is 14.1. The number of amides is 1. The van der Waals surface area contributed by atoms with Gasteiger partial charge in [0, 0.05) is 31.4 Å². The molecule has 2 aromatic heterocycles. The van der Waals surface area contributed by atoms with Crippen LogP contribution in [0.5, 0.6) is 0 Å². The van der Waals surface area contributed by atoms with E-state index >= 15 is 0 Å². The van der Waals surface area contributed by atoms with Gasteiger partial charge in [0.05, 0.1) is 13.0 Å². The molecule has 29 heavy (non-hydrogen) atoms. The highest BCUT2D eigenvalue weighted by Gasteiger charge is 2.22. The molecule has 1 atom stereocenters. The van der Waals surface area contributed by atoms with E-state index in [0.717, 1.165) is 23.4 Å². The molecule has 8 heteroatoms. The van der Waals surface area contributed by atoms with E-state index in [2.05, 4.69) is 15.4 Å². The third kappa shape index (κ3) is 4.59. The van der Waals surface area contributed by atoms with Crippen molar-refractivity contribution in [3.05, 3.63) is 82.0 Å². The van der Waals surface area contributed by atoms with Crippen LogP contribution in [0.2, 0.25) is 0 Å². The van der Waals surface area contributed by atoms with Crippen molar-refractivity contribution >= 4 is 5.91 Å². The summed E-state index contributed by atoms with van der Waals surface area (Å²) in [6, 6.07) is 9.72. The van der Waals surface area contributed by atoms with Crippen molar-refractivity contribution in [1.82, 2.24) is 24.6 Å². The molecule has 1 aromatic carbocycles. The molecule has 0 aliphatic carbocycles.